The third kappa shape index (κ3) is 2.32. The molecule has 1 aliphatic heterocycles. The summed E-state index contributed by atoms with van der Waals surface area (Å²) in [6.07, 6.45) is 6.69. The van der Waals surface area contributed by atoms with Crippen LogP contribution in [-0.2, 0) is 4.79 Å². The van der Waals surface area contributed by atoms with Crippen LogP contribution < -0.4 is 5.73 Å². The first kappa shape index (κ1) is 14.9. The van der Waals surface area contributed by atoms with Crippen LogP contribution in [0.4, 0.5) is 0 Å². The average Bonchev–Trinajstić information content (AvgIpc) is 2.96. The van der Waals surface area contributed by atoms with Crippen LogP contribution in [0.3, 0.4) is 0 Å². The lowest BCUT2D eigenvalue weighted by atomic mass is 9.51. The summed E-state index contributed by atoms with van der Waals surface area (Å²) in [6, 6.07) is 10.6. The molecule has 6 rings (SSSR count). The van der Waals surface area contributed by atoms with Gasteiger partial charge in [0.15, 0.2) is 0 Å². The minimum absolute atomic E-state index is 0.0770. The van der Waals surface area contributed by atoms with Gasteiger partial charge in [0, 0.05) is 31.0 Å². The molecule has 4 bridgehead atoms. The zero-order valence-electron chi connectivity index (χ0n) is 14.3. The minimum Gasteiger partial charge on any atom is -0.340 e. The van der Waals surface area contributed by atoms with Gasteiger partial charge in [-0.2, -0.15) is 0 Å². The van der Waals surface area contributed by atoms with E-state index in [1.165, 1.54) is 37.7 Å². The standard InChI is InChI=1S/C21H28N2O/c22-19-12-23(11-18(19)15-4-2-1-3-5-15)21(24)20-16-7-13-6-14(9-16)10-17(20)8-13/h1-5,13-14,16-20H,6-12,22H2/t13?,14?,16?,17?,18-,19+,20?/m0/s1. The van der Waals surface area contributed by atoms with Gasteiger partial charge in [-0.3, -0.25) is 4.79 Å². The number of nitrogens with two attached hydrogens (primary N) is 1. The Morgan fingerprint density at radius 3 is 2.17 bits per heavy atom. The highest BCUT2D eigenvalue weighted by Crippen LogP contribution is 2.57. The number of nitrogens with zero attached hydrogens (tertiary/aromatic N) is 1. The molecule has 0 unspecified atom stereocenters. The lowest BCUT2D eigenvalue weighted by molar-refractivity contribution is -0.148. The van der Waals surface area contributed by atoms with E-state index in [-0.39, 0.29) is 6.04 Å². The maximum Gasteiger partial charge on any atom is 0.226 e. The van der Waals surface area contributed by atoms with Crippen LogP contribution in [-0.4, -0.2) is 29.9 Å². The van der Waals surface area contributed by atoms with Crippen molar-refractivity contribution in [3.8, 4) is 0 Å². The molecule has 5 aliphatic rings. The largest absolute Gasteiger partial charge is 0.340 e. The van der Waals surface area contributed by atoms with E-state index in [0.29, 0.717) is 29.6 Å². The Hall–Kier alpha value is -1.35. The molecule has 128 valence electrons. The molecule has 2 N–H and O–H groups in total. The number of likely N-dealkylation sites (tertiary alicyclic amines) is 1. The van der Waals surface area contributed by atoms with Crippen LogP contribution in [0.2, 0.25) is 0 Å². The number of hydrogen-bond donors (Lipinski definition) is 1. The summed E-state index contributed by atoms with van der Waals surface area (Å²) >= 11 is 0. The van der Waals surface area contributed by atoms with Crippen LogP contribution in [0, 0.1) is 29.6 Å². The van der Waals surface area contributed by atoms with Gasteiger partial charge in [-0.05, 0) is 61.3 Å². The van der Waals surface area contributed by atoms with Crippen LogP contribution in [0.15, 0.2) is 30.3 Å². The molecule has 4 aliphatic carbocycles. The van der Waals surface area contributed by atoms with Gasteiger partial charge in [-0.15, -0.1) is 0 Å². The molecular weight excluding hydrogens is 296 g/mol. The van der Waals surface area contributed by atoms with E-state index < -0.39 is 0 Å². The van der Waals surface area contributed by atoms with Crippen molar-refractivity contribution in [1.29, 1.82) is 0 Å². The Labute approximate surface area is 144 Å². The predicted molar refractivity (Wildman–Crippen MR) is 94.3 cm³/mol. The summed E-state index contributed by atoms with van der Waals surface area (Å²) in [6.45, 7) is 1.55. The SMILES string of the molecule is N[C@@H]1CN(C(=O)C2C3CC4CC(C3)CC2C4)C[C@H]1c1ccccc1. The Bertz CT molecular complexity index is 600. The highest BCUT2D eigenvalue weighted by Gasteiger charge is 2.52. The predicted octanol–water partition coefficient (Wildman–Crippen LogP) is 3.01. The smallest absolute Gasteiger partial charge is 0.226 e. The molecule has 1 amide bonds. The summed E-state index contributed by atoms with van der Waals surface area (Å²) in [5.74, 6) is 4.22. The number of amides is 1. The molecule has 0 radical (unpaired) electrons. The molecule has 1 heterocycles. The van der Waals surface area contributed by atoms with Gasteiger partial charge in [0.1, 0.15) is 0 Å². The summed E-state index contributed by atoms with van der Waals surface area (Å²) < 4.78 is 0. The highest BCUT2D eigenvalue weighted by atomic mass is 16.2. The fraction of sp³-hybridized carbons (Fsp3) is 0.667. The highest BCUT2D eigenvalue weighted by molar-refractivity contribution is 5.80. The van der Waals surface area contributed by atoms with Gasteiger partial charge < -0.3 is 10.6 Å². The number of carbonyl (C=O) groups excluding carboxylic acids is 1. The van der Waals surface area contributed by atoms with E-state index >= 15 is 0 Å². The number of benzene rings is 1. The van der Waals surface area contributed by atoms with Crippen molar-refractivity contribution in [2.45, 2.75) is 44.1 Å². The summed E-state index contributed by atoms with van der Waals surface area (Å²) in [4.78, 5) is 15.4. The quantitative estimate of drug-likeness (QED) is 0.909. The van der Waals surface area contributed by atoms with Gasteiger partial charge >= 0.3 is 0 Å². The van der Waals surface area contributed by atoms with E-state index in [9.17, 15) is 4.79 Å². The van der Waals surface area contributed by atoms with Crippen molar-refractivity contribution in [3.05, 3.63) is 35.9 Å². The Kier molecular flexibility index (Phi) is 3.48. The first-order valence-electron chi connectivity index (χ1n) is 9.78. The Morgan fingerprint density at radius 2 is 1.54 bits per heavy atom. The maximum absolute atomic E-state index is 13.3. The third-order valence-corrected chi connectivity index (χ3v) is 7.42. The second kappa shape index (κ2) is 5.59. The summed E-state index contributed by atoms with van der Waals surface area (Å²) in [5.41, 5.74) is 7.70. The second-order valence-corrected chi connectivity index (χ2v) is 8.88. The van der Waals surface area contributed by atoms with E-state index in [1.54, 1.807) is 0 Å². The van der Waals surface area contributed by atoms with Crippen LogP contribution >= 0.6 is 0 Å². The molecule has 0 spiro atoms. The minimum atomic E-state index is 0.0770. The lowest BCUT2D eigenvalue weighted by Gasteiger charge is -2.54. The molecule has 3 nitrogen and oxygen atoms in total. The zero-order chi connectivity index (χ0) is 16.3. The van der Waals surface area contributed by atoms with Crippen molar-refractivity contribution < 1.29 is 4.79 Å². The van der Waals surface area contributed by atoms with E-state index in [2.05, 4.69) is 29.2 Å². The fourth-order valence-electron chi connectivity index (χ4n) is 6.60. The fourth-order valence-corrected chi connectivity index (χ4v) is 6.60. The van der Waals surface area contributed by atoms with Gasteiger partial charge in [-0.25, -0.2) is 0 Å². The van der Waals surface area contributed by atoms with Crippen molar-refractivity contribution in [2.24, 2.45) is 35.3 Å². The topological polar surface area (TPSA) is 46.3 Å². The summed E-state index contributed by atoms with van der Waals surface area (Å²) in [7, 11) is 0. The van der Waals surface area contributed by atoms with Crippen LogP contribution in [0.1, 0.15) is 43.6 Å². The van der Waals surface area contributed by atoms with E-state index in [4.69, 9.17) is 5.73 Å². The molecule has 24 heavy (non-hydrogen) atoms. The number of rotatable bonds is 2. The van der Waals surface area contributed by atoms with Gasteiger partial charge in [0.25, 0.3) is 0 Å². The van der Waals surface area contributed by atoms with Gasteiger partial charge in [-0.1, -0.05) is 30.3 Å². The molecule has 1 aromatic rings. The molecule has 1 aromatic carbocycles. The van der Waals surface area contributed by atoms with Crippen LogP contribution in [0.5, 0.6) is 0 Å². The molecule has 2 atom stereocenters. The van der Waals surface area contributed by atoms with Crippen molar-refractivity contribution in [2.75, 3.05) is 13.1 Å². The Morgan fingerprint density at radius 1 is 0.917 bits per heavy atom. The molecule has 4 saturated carbocycles. The van der Waals surface area contributed by atoms with Crippen molar-refractivity contribution in [3.63, 3.8) is 0 Å². The monoisotopic (exact) mass is 324 g/mol. The first-order valence-corrected chi connectivity index (χ1v) is 9.78. The zero-order valence-corrected chi connectivity index (χ0v) is 14.3. The van der Waals surface area contributed by atoms with E-state index in [1.807, 2.05) is 6.07 Å². The first-order chi connectivity index (χ1) is 11.7. The second-order valence-electron chi connectivity index (χ2n) is 8.88. The Balaban J connectivity index is 1.33. The normalized spacial score (nSPS) is 43.4. The van der Waals surface area contributed by atoms with Gasteiger partial charge in [0.05, 0.1) is 0 Å². The molecule has 0 aromatic heterocycles. The summed E-state index contributed by atoms with van der Waals surface area (Å²) in [5, 5.41) is 0. The maximum atomic E-state index is 13.3. The van der Waals surface area contributed by atoms with Gasteiger partial charge in [0.2, 0.25) is 5.91 Å². The van der Waals surface area contributed by atoms with E-state index in [0.717, 1.165) is 24.9 Å². The third-order valence-electron chi connectivity index (χ3n) is 7.42. The average molecular weight is 324 g/mol. The number of carbonyl (C=O) groups is 1. The van der Waals surface area contributed by atoms with Crippen molar-refractivity contribution in [1.82, 2.24) is 4.90 Å². The van der Waals surface area contributed by atoms with Crippen molar-refractivity contribution >= 4 is 5.91 Å². The van der Waals surface area contributed by atoms with Crippen LogP contribution in [0.25, 0.3) is 0 Å². The molecular formula is C21H28N2O. The molecule has 3 heteroatoms. The molecule has 5 fully saturated rings. The lowest BCUT2D eigenvalue weighted by Crippen LogP contribution is -2.51. The molecule has 1 saturated heterocycles. The number of hydrogen-bond acceptors (Lipinski definition) is 2.